The summed E-state index contributed by atoms with van der Waals surface area (Å²) in [4.78, 5) is 29.7. The fourth-order valence-corrected chi connectivity index (χ4v) is 3.72. The summed E-state index contributed by atoms with van der Waals surface area (Å²) in [5.74, 6) is -0.0924. The first-order chi connectivity index (χ1) is 18.3. The number of rotatable bonds is 6. The predicted octanol–water partition coefficient (Wildman–Crippen LogP) is 6.17. The second-order valence-electron chi connectivity index (χ2n) is 8.33. The van der Waals surface area contributed by atoms with E-state index in [0.29, 0.717) is 22.7 Å². The number of anilines is 3. The summed E-state index contributed by atoms with van der Waals surface area (Å²) < 4.78 is 40.8. The third kappa shape index (κ3) is 5.36. The van der Waals surface area contributed by atoms with Gasteiger partial charge < -0.3 is 10.6 Å². The van der Waals surface area contributed by atoms with Crippen LogP contribution in [-0.4, -0.2) is 30.4 Å². The van der Waals surface area contributed by atoms with Gasteiger partial charge in [0, 0.05) is 35.5 Å². The zero-order chi connectivity index (χ0) is 26.7. The lowest BCUT2D eigenvalue weighted by Crippen LogP contribution is -2.14. The van der Waals surface area contributed by atoms with E-state index in [9.17, 15) is 18.0 Å². The van der Waals surface area contributed by atoms with E-state index in [1.54, 1.807) is 41.6 Å². The third-order valence-electron chi connectivity index (χ3n) is 5.71. The minimum absolute atomic E-state index is 0.0850. The zero-order valence-corrected chi connectivity index (χ0v) is 19.9. The Labute approximate surface area is 214 Å². The van der Waals surface area contributed by atoms with Gasteiger partial charge in [-0.25, -0.2) is 15.0 Å². The van der Waals surface area contributed by atoms with Crippen molar-refractivity contribution >= 4 is 46.5 Å². The number of aryl methyl sites for hydroxylation is 1. The average molecular weight is 515 g/mol. The first-order valence-electron chi connectivity index (χ1n) is 11.4. The van der Waals surface area contributed by atoms with Gasteiger partial charge in [0.25, 0.3) is 5.91 Å². The van der Waals surface area contributed by atoms with Crippen LogP contribution in [0.4, 0.5) is 30.4 Å². The molecule has 11 heteroatoms. The van der Waals surface area contributed by atoms with Crippen LogP contribution in [0.1, 0.15) is 27.0 Å². The van der Waals surface area contributed by atoms with Gasteiger partial charge in [0.1, 0.15) is 12.7 Å². The lowest BCUT2D eigenvalue weighted by Gasteiger charge is -2.10. The monoisotopic (exact) mass is 515 g/mol. The van der Waals surface area contributed by atoms with Gasteiger partial charge in [0.15, 0.2) is 17.0 Å². The Morgan fingerprint density at radius 1 is 0.974 bits per heavy atom. The van der Waals surface area contributed by atoms with Gasteiger partial charge in [0.2, 0.25) is 0 Å². The van der Waals surface area contributed by atoms with Crippen molar-refractivity contribution in [2.45, 2.75) is 13.1 Å². The highest BCUT2D eigenvalue weighted by atomic mass is 19.4. The number of pyridine rings is 1. The molecule has 1 amide bonds. The van der Waals surface area contributed by atoms with Crippen molar-refractivity contribution in [2.75, 3.05) is 10.6 Å². The Balaban J connectivity index is 1.36. The molecule has 38 heavy (non-hydrogen) atoms. The molecule has 8 nitrogen and oxygen atoms in total. The van der Waals surface area contributed by atoms with Gasteiger partial charge in [-0.3, -0.25) is 14.3 Å². The third-order valence-corrected chi connectivity index (χ3v) is 5.71. The molecule has 2 N–H and O–H groups in total. The molecule has 3 aromatic heterocycles. The van der Waals surface area contributed by atoms with E-state index in [4.69, 9.17) is 0 Å². The number of imidazole rings is 1. The van der Waals surface area contributed by atoms with Crippen molar-refractivity contribution < 1.29 is 18.0 Å². The molecule has 0 saturated heterocycles. The molecule has 0 unspecified atom stereocenters. The number of nitrogens with zero attached hydrogens (tertiary/aromatic N) is 5. The molecule has 0 aliphatic heterocycles. The van der Waals surface area contributed by atoms with E-state index in [1.165, 1.54) is 18.5 Å². The molecule has 0 spiro atoms. The SMILES string of the molecule is Cc1ccc(NC(=O)c2cccc(C(F)(F)F)c2)cc1/C=C/n1cnc2c(Nc3ccncc3)ncnc21. The van der Waals surface area contributed by atoms with E-state index < -0.39 is 17.6 Å². The second kappa shape index (κ2) is 10.1. The van der Waals surface area contributed by atoms with Gasteiger partial charge >= 0.3 is 6.18 Å². The largest absolute Gasteiger partial charge is 0.416 e. The van der Waals surface area contributed by atoms with Crippen molar-refractivity contribution in [3.05, 3.63) is 102 Å². The number of benzene rings is 2. The number of hydrogen-bond donors (Lipinski definition) is 2. The molecule has 5 rings (SSSR count). The molecule has 2 aromatic carbocycles. The van der Waals surface area contributed by atoms with E-state index in [0.717, 1.165) is 28.9 Å². The van der Waals surface area contributed by atoms with Crippen LogP contribution in [0.25, 0.3) is 23.4 Å². The van der Waals surface area contributed by atoms with Gasteiger partial charge in [-0.15, -0.1) is 0 Å². The minimum Gasteiger partial charge on any atom is -0.338 e. The molecule has 3 heterocycles. The fourth-order valence-electron chi connectivity index (χ4n) is 3.72. The fraction of sp³-hybridized carbons (Fsp3) is 0.0741. The van der Waals surface area contributed by atoms with E-state index in [-0.39, 0.29) is 5.56 Å². The van der Waals surface area contributed by atoms with E-state index in [1.807, 2.05) is 31.2 Å². The summed E-state index contributed by atoms with van der Waals surface area (Å²) in [5, 5.41) is 5.87. The van der Waals surface area contributed by atoms with Crippen LogP contribution in [0.5, 0.6) is 0 Å². The standard InChI is InChI=1S/C27H20F3N7O/c1-17-5-6-22(36-26(38)19-3-2-4-20(13-19)27(28,29)30)14-18(17)9-12-37-16-34-23-24(32-15-33-25(23)37)35-21-7-10-31-11-8-21/h2-16H,1H3,(H,36,38)(H,31,32,33,35)/b12-9+. The molecule has 0 atom stereocenters. The van der Waals surface area contributed by atoms with E-state index in [2.05, 4.69) is 30.6 Å². The Morgan fingerprint density at radius 3 is 2.58 bits per heavy atom. The molecular formula is C27H20F3N7O. The molecule has 0 bridgehead atoms. The molecular weight excluding hydrogens is 495 g/mol. The Morgan fingerprint density at radius 2 is 1.79 bits per heavy atom. The highest BCUT2D eigenvalue weighted by Crippen LogP contribution is 2.30. The number of amides is 1. The van der Waals surface area contributed by atoms with Gasteiger partial charge in [-0.2, -0.15) is 13.2 Å². The van der Waals surface area contributed by atoms with E-state index >= 15 is 0 Å². The lowest BCUT2D eigenvalue weighted by atomic mass is 10.1. The number of alkyl halides is 3. The number of aromatic nitrogens is 5. The van der Waals surface area contributed by atoms with Crippen LogP contribution in [0, 0.1) is 6.92 Å². The number of carbonyl (C=O) groups excluding carboxylic acids is 1. The van der Waals surface area contributed by atoms with Gasteiger partial charge in [-0.05, 0) is 66.6 Å². The van der Waals surface area contributed by atoms with Crippen molar-refractivity contribution in [1.29, 1.82) is 0 Å². The van der Waals surface area contributed by atoms with Crippen LogP contribution in [0.3, 0.4) is 0 Å². The number of halogens is 3. The summed E-state index contributed by atoms with van der Waals surface area (Å²) in [6.45, 7) is 1.91. The molecule has 0 aliphatic rings. The molecule has 0 aliphatic carbocycles. The molecule has 0 saturated carbocycles. The Bertz CT molecular complexity index is 1650. The van der Waals surface area contributed by atoms with Crippen LogP contribution in [0.15, 0.2) is 79.6 Å². The first-order valence-corrected chi connectivity index (χ1v) is 11.4. The summed E-state index contributed by atoms with van der Waals surface area (Å²) in [6, 6.07) is 13.2. The Hall–Kier alpha value is -5.06. The minimum atomic E-state index is -4.53. The molecule has 0 radical (unpaired) electrons. The lowest BCUT2D eigenvalue weighted by molar-refractivity contribution is -0.137. The number of carbonyl (C=O) groups is 1. The van der Waals surface area contributed by atoms with Crippen LogP contribution >= 0.6 is 0 Å². The van der Waals surface area contributed by atoms with Gasteiger partial charge in [0.05, 0.1) is 5.56 Å². The normalized spacial score (nSPS) is 11.7. The van der Waals surface area contributed by atoms with Gasteiger partial charge in [-0.1, -0.05) is 12.1 Å². The smallest absolute Gasteiger partial charge is 0.338 e. The van der Waals surface area contributed by atoms with Crippen LogP contribution < -0.4 is 10.6 Å². The van der Waals surface area contributed by atoms with Crippen LogP contribution in [-0.2, 0) is 6.18 Å². The second-order valence-corrected chi connectivity index (χ2v) is 8.33. The summed E-state index contributed by atoms with van der Waals surface area (Å²) in [6.07, 6.45) is 5.46. The highest BCUT2D eigenvalue weighted by molar-refractivity contribution is 6.04. The van der Waals surface area contributed by atoms with Crippen molar-refractivity contribution in [3.8, 4) is 0 Å². The number of fused-ring (bicyclic) bond motifs is 1. The average Bonchev–Trinajstić information content (AvgIpc) is 3.33. The highest BCUT2D eigenvalue weighted by Gasteiger charge is 2.30. The summed E-state index contributed by atoms with van der Waals surface area (Å²) >= 11 is 0. The topological polar surface area (TPSA) is 97.6 Å². The maximum Gasteiger partial charge on any atom is 0.416 e. The predicted molar refractivity (Wildman–Crippen MR) is 139 cm³/mol. The summed E-state index contributed by atoms with van der Waals surface area (Å²) in [5.41, 5.74) is 3.16. The Kier molecular flexibility index (Phi) is 6.56. The molecule has 5 aromatic rings. The van der Waals surface area contributed by atoms with Crippen molar-refractivity contribution in [3.63, 3.8) is 0 Å². The quantitative estimate of drug-likeness (QED) is 0.281. The van der Waals surface area contributed by atoms with Crippen LogP contribution in [0.2, 0.25) is 0 Å². The van der Waals surface area contributed by atoms with Crippen molar-refractivity contribution in [1.82, 2.24) is 24.5 Å². The molecule has 0 fully saturated rings. The summed E-state index contributed by atoms with van der Waals surface area (Å²) in [7, 11) is 0. The maximum absolute atomic E-state index is 13.0. The maximum atomic E-state index is 13.0. The number of nitrogens with one attached hydrogen (secondary N) is 2. The number of hydrogen-bond acceptors (Lipinski definition) is 6. The van der Waals surface area contributed by atoms with Crippen molar-refractivity contribution in [2.24, 2.45) is 0 Å². The molecule has 190 valence electrons. The first kappa shape index (κ1) is 24.6. The zero-order valence-electron chi connectivity index (χ0n) is 19.9.